The molecule has 0 fully saturated rings. The fourth-order valence-corrected chi connectivity index (χ4v) is 1.91. The first-order chi connectivity index (χ1) is 11.2. The van der Waals surface area contributed by atoms with Crippen LogP contribution in [0.2, 0.25) is 0 Å². The lowest BCUT2D eigenvalue weighted by molar-refractivity contribution is -0.144. The summed E-state index contributed by atoms with van der Waals surface area (Å²) in [6.07, 6.45) is 2.78. The van der Waals surface area contributed by atoms with Gasteiger partial charge in [0.15, 0.2) is 5.78 Å². The molecule has 2 aromatic carbocycles. The molecule has 0 aliphatic heterocycles. The van der Waals surface area contributed by atoms with Crippen molar-refractivity contribution in [2.45, 2.75) is 13.3 Å². The van der Waals surface area contributed by atoms with Crippen LogP contribution in [0.4, 0.5) is 0 Å². The highest BCUT2D eigenvalue weighted by atomic mass is 16.5. The molecular formula is C19H18O4. The molecule has 0 spiro atoms. The number of allylic oxidation sites excluding steroid dienone is 1. The summed E-state index contributed by atoms with van der Waals surface area (Å²) >= 11 is 0. The van der Waals surface area contributed by atoms with Crippen molar-refractivity contribution < 1.29 is 19.1 Å². The predicted octanol–water partition coefficient (Wildman–Crippen LogP) is 4.01. The number of ketones is 1. The lowest BCUT2D eigenvalue weighted by atomic mass is 10.1. The van der Waals surface area contributed by atoms with Crippen molar-refractivity contribution in [3.63, 3.8) is 0 Å². The molecule has 2 aromatic rings. The van der Waals surface area contributed by atoms with Gasteiger partial charge in [0.2, 0.25) is 0 Å². The minimum absolute atomic E-state index is 0.245. The van der Waals surface area contributed by atoms with Crippen LogP contribution in [0.25, 0.3) is 6.08 Å². The largest absolute Gasteiger partial charge is 0.466 e. The van der Waals surface area contributed by atoms with Crippen LogP contribution in [0, 0.1) is 0 Å². The Bertz CT molecular complexity index is 690. The predicted molar refractivity (Wildman–Crippen MR) is 88.2 cm³/mol. The third-order valence-electron chi connectivity index (χ3n) is 2.92. The molecule has 4 nitrogen and oxygen atoms in total. The summed E-state index contributed by atoms with van der Waals surface area (Å²) < 4.78 is 10.5. The zero-order valence-corrected chi connectivity index (χ0v) is 12.9. The smallest absolute Gasteiger partial charge is 0.313 e. The molecule has 0 aliphatic rings. The number of carbonyl (C=O) groups excluding carboxylic acids is 2. The summed E-state index contributed by atoms with van der Waals surface area (Å²) in [5, 5.41) is 0. The molecule has 118 valence electrons. The van der Waals surface area contributed by atoms with Crippen molar-refractivity contribution in [3.8, 4) is 11.5 Å². The zero-order valence-electron chi connectivity index (χ0n) is 12.9. The van der Waals surface area contributed by atoms with Crippen LogP contribution < -0.4 is 4.74 Å². The molecule has 0 bridgehead atoms. The fourth-order valence-electron chi connectivity index (χ4n) is 1.91. The first-order valence-electron chi connectivity index (χ1n) is 7.37. The Balaban J connectivity index is 1.98. The second kappa shape index (κ2) is 8.54. The SMILES string of the molecule is CCOC(=O)CC(=O)/C=C/c1cccc(Oc2ccccc2)c1. The van der Waals surface area contributed by atoms with E-state index in [1.165, 1.54) is 6.08 Å². The lowest BCUT2D eigenvalue weighted by Gasteiger charge is -2.05. The first-order valence-corrected chi connectivity index (χ1v) is 7.37. The van der Waals surface area contributed by atoms with Gasteiger partial charge in [-0.05, 0) is 42.8 Å². The van der Waals surface area contributed by atoms with Crippen molar-refractivity contribution in [2.75, 3.05) is 6.61 Å². The summed E-state index contributed by atoms with van der Waals surface area (Å²) in [6.45, 7) is 1.98. The van der Waals surface area contributed by atoms with Crippen LogP contribution in [0.5, 0.6) is 11.5 Å². The van der Waals surface area contributed by atoms with Gasteiger partial charge in [0.1, 0.15) is 17.9 Å². The number of hydrogen-bond acceptors (Lipinski definition) is 4. The molecule has 0 N–H and O–H groups in total. The number of para-hydroxylation sites is 1. The average Bonchev–Trinajstić information content (AvgIpc) is 2.54. The summed E-state index contributed by atoms with van der Waals surface area (Å²) in [5.74, 6) is 0.615. The Labute approximate surface area is 135 Å². The number of benzene rings is 2. The van der Waals surface area contributed by atoms with Gasteiger partial charge >= 0.3 is 5.97 Å². The highest BCUT2D eigenvalue weighted by Crippen LogP contribution is 2.22. The van der Waals surface area contributed by atoms with Gasteiger partial charge in [-0.1, -0.05) is 36.4 Å². The van der Waals surface area contributed by atoms with Gasteiger partial charge < -0.3 is 9.47 Å². The molecule has 2 rings (SSSR count). The fraction of sp³-hybridized carbons (Fsp3) is 0.158. The van der Waals surface area contributed by atoms with E-state index in [0.717, 1.165) is 11.3 Å². The second-order valence-corrected chi connectivity index (χ2v) is 4.77. The van der Waals surface area contributed by atoms with Gasteiger partial charge in [-0.25, -0.2) is 0 Å². The average molecular weight is 310 g/mol. The molecule has 0 aromatic heterocycles. The third kappa shape index (κ3) is 5.79. The lowest BCUT2D eigenvalue weighted by Crippen LogP contribution is -2.08. The molecule has 23 heavy (non-hydrogen) atoms. The minimum atomic E-state index is -0.511. The molecule has 0 aliphatic carbocycles. The molecule has 0 radical (unpaired) electrons. The molecule has 4 heteroatoms. The van der Waals surface area contributed by atoms with Crippen molar-refractivity contribution in [3.05, 3.63) is 66.2 Å². The third-order valence-corrected chi connectivity index (χ3v) is 2.92. The summed E-state index contributed by atoms with van der Waals surface area (Å²) in [7, 11) is 0. The number of hydrogen-bond donors (Lipinski definition) is 0. The first kappa shape index (κ1) is 16.5. The minimum Gasteiger partial charge on any atom is -0.466 e. The Hall–Kier alpha value is -2.88. The van der Waals surface area contributed by atoms with Crippen LogP contribution in [0.1, 0.15) is 18.9 Å². The summed E-state index contributed by atoms with van der Waals surface area (Å²) in [5.41, 5.74) is 0.815. The van der Waals surface area contributed by atoms with E-state index in [9.17, 15) is 9.59 Å². The molecule has 0 saturated heterocycles. The maximum Gasteiger partial charge on any atom is 0.313 e. The van der Waals surface area contributed by atoms with Crippen LogP contribution in [0.3, 0.4) is 0 Å². The number of carbonyl (C=O) groups is 2. The Morgan fingerprint density at radius 1 is 1.00 bits per heavy atom. The van der Waals surface area contributed by atoms with Crippen LogP contribution >= 0.6 is 0 Å². The van der Waals surface area contributed by atoms with Crippen molar-refractivity contribution in [2.24, 2.45) is 0 Å². The second-order valence-electron chi connectivity index (χ2n) is 4.77. The highest BCUT2D eigenvalue weighted by molar-refractivity contribution is 6.03. The van der Waals surface area contributed by atoms with Crippen LogP contribution in [-0.2, 0) is 14.3 Å². The van der Waals surface area contributed by atoms with E-state index in [2.05, 4.69) is 0 Å². The number of ether oxygens (including phenoxy) is 2. The molecule has 0 heterocycles. The van der Waals surface area contributed by atoms with Gasteiger partial charge in [0, 0.05) is 0 Å². The van der Waals surface area contributed by atoms with Gasteiger partial charge in [0.05, 0.1) is 6.61 Å². The quantitative estimate of drug-likeness (QED) is 0.440. The van der Waals surface area contributed by atoms with E-state index < -0.39 is 5.97 Å². The highest BCUT2D eigenvalue weighted by Gasteiger charge is 2.06. The maximum absolute atomic E-state index is 11.7. The molecule has 0 amide bonds. The van der Waals surface area contributed by atoms with E-state index in [-0.39, 0.29) is 18.8 Å². The van der Waals surface area contributed by atoms with Gasteiger partial charge in [0.25, 0.3) is 0 Å². The molecule has 0 atom stereocenters. The van der Waals surface area contributed by atoms with E-state index in [0.29, 0.717) is 5.75 Å². The van der Waals surface area contributed by atoms with E-state index in [4.69, 9.17) is 9.47 Å². The van der Waals surface area contributed by atoms with Gasteiger partial charge in [-0.2, -0.15) is 0 Å². The van der Waals surface area contributed by atoms with E-state index >= 15 is 0 Å². The number of rotatable bonds is 7. The Morgan fingerprint density at radius 2 is 1.74 bits per heavy atom. The zero-order chi connectivity index (χ0) is 16.5. The van der Waals surface area contributed by atoms with Crippen molar-refractivity contribution >= 4 is 17.8 Å². The van der Waals surface area contributed by atoms with E-state index in [1.54, 1.807) is 13.0 Å². The van der Waals surface area contributed by atoms with Crippen molar-refractivity contribution in [1.82, 2.24) is 0 Å². The van der Waals surface area contributed by atoms with Gasteiger partial charge in [-0.15, -0.1) is 0 Å². The molecule has 0 unspecified atom stereocenters. The van der Waals surface area contributed by atoms with Crippen LogP contribution in [0.15, 0.2) is 60.7 Å². The van der Waals surface area contributed by atoms with Crippen LogP contribution in [-0.4, -0.2) is 18.4 Å². The maximum atomic E-state index is 11.7. The molecule has 0 saturated carbocycles. The number of esters is 1. The Kier molecular flexibility index (Phi) is 6.12. The standard InChI is InChI=1S/C19H18O4/c1-2-22-19(21)14-16(20)12-11-15-7-6-10-18(13-15)23-17-8-4-3-5-9-17/h3-13H,2,14H2,1H3/b12-11+. The van der Waals surface area contributed by atoms with E-state index in [1.807, 2.05) is 54.6 Å². The van der Waals surface area contributed by atoms with Gasteiger partial charge in [-0.3, -0.25) is 9.59 Å². The topological polar surface area (TPSA) is 52.6 Å². The van der Waals surface area contributed by atoms with Crippen molar-refractivity contribution in [1.29, 1.82) is 0 Å². The summed E-state index contributed by atoms with van der Waals surface area (Å²) in [6, 6.07) is 16.8. The normalized spacial score (nSPS) is 10.5. The monoisotopic (exact) mass is 310 g/mol. The Morgan fingerprint density at radius 3 is 2.48 bits per heavy atom. The summed E-state index contributed by atoms with van der Waals surface area (Å²) in [4.78, 5) is 22.9. The molecular weight excluding hydrogens is 292 g/mol.